The minimum atomic E-state index is -1.26. The van der Waals surface area contributed by atoms with Gasteiger partial charge in [-0.3, -0.25) is 4.79 Å². The number of ether oxygens (including phenoxy) is 3. The monoisotopic (exact) mass is 658 g/mol. The number of carbonyl (C=O) groups is 1. The summed E-state index contributed by atoms with van der Waals surface area (Å²) >= 11 is 0. The zero-order valence-corrected chi connectivity index (χ0v) is 30.0. The van der Waals surface area contributed by atoms with E-state index in [-0.39, 0.29) is 63.3 Å². The Morgan fingerprint density at radius 1 is 1.04 bits per heavy atom. The Bertz CT molecular complexity index is 1270. The Morgan fingerprint density at radius 2 is 1.74 bits per heavy atom. The van der Waals surface area contributed by atoms with E-state index in [1.807, 2.05) is 4.90 Å². The third-order valence-electron chi connectivity index (χ3n) is 16.6. The van der Waals surface area contributed by atoms with E-state index in [2.05, 4.69) is 39.9 Å². The number of nitrogens with zero attached hydrogens (tertiary/aromatic N) is 1. The van der Waals surface area contributed by atoms with Gasteiger partial charge >= 0.3 is 0 Å². The van der Waals surface area contributed by atoms with Crippen molar-refractivity contribution in [1.82, 2.24) is 10.2 Å². The second-order valence-corrected chi connectivity index (χ2v) is 19.2. The van der Waals surface area contributed by atoms with Crippen LogP contribution in [0.2, 0.25) is 0 Å². The van der Waals surface area contributed by atoms with Gasteiger partial charge in [0, 0.05) is 25.0 Å². The molecule has 3 heterocycles. The summed E-state index contributed by atoms with van der Waals surface area (Å²) in [7, 11) is 0. The van der Waals surface area contributed by atoms with Crippen molar-refractivity contribution < 1.29 is 34.3 Å². The van der Waals surface area contributed by atoms with Gasteiger partial charge in [-0.1, -0.05) is 34.6 Å². The first-order valence-electron chi connectivity index (χ1n) is 19.0. The van der Waals surface area contributed by atoms with Crippen molar-refractivity contribution in [3.63, 3.8) is 0 Å². The lowest BCUT2D eigenvalue weighted by molar-refractivity contribution is -0.248. The maximum absolute atomic E-state index is 13.0. The Kier molecular flexibility index (Phi) is 7.53. The summed E-state index contributed by atoms with van der Waals surface area (Å²) in [6.07, 6.45) is 6.08. The Hall–Kier alpha value is -0.810. The number of morpholine rings is 1. The standard InChI is InChI=1S/C38H62N2O7/c1-21-16-23(30(41)34(4,5)44)46-29-28(21)35(6)12-13-38-20-37(38)11-10-26(33(2,3)24(37)8-9-25(38)36(35,7)31(29)42)47-27-19-40(14-15-45-27)32(43)22-17-39-18-22/h21-31,39,41-42,44H,8-20H2,1-7H3/t21-,23?,24+,25+,26+,27?,28?,29?,30+,31+,35-,36-,37-,38?/m1/s1. The van der Waals surface area contributed by atoms with Crippen LogP contribution >= 0.6 is 0 Å². The zero-order chi connectivity index (χ0) is 33.5. The fraction of sp³-hybridized carbons (Fsp3) is 0.974. The first-order valence-corrected chi connectivity index (χ1v) is 19.0. The lowest BCUT2D eigenvalue weighted by atomic mass is 9.41. The quantitative estimate of drug-likeness (QED) is 0.353. The van der Waals surface area contributed by atoms with Crippen molar-refractivity contribution in [2.75, 3.05) is 32.8 Å². The van der Waals surface area contributed by atoms with Crippen LogP contribution in [-0.4, -0.2) is 101 Å². The Balaban J connectivity index is 1.01. The fourth-order valence-corrected chi connectivity index (χ4v) is 14.0. The third kappa shape index (κ3) is 4.35. The van der Waals surface area contributed by atoms with E-state index in [0.29, 0.717) is 43.9 Å². The van der Waals surface area contributed by atoms with Gasteiger partial charge in [-0.15, -0.1) is 0 Å². The molecule has 8 fully saturated rings. The highest BCUT2D eigenvalue weighted by atomic mass is 16.7. The van der Waals surface area contributed by atoms with Crippen LogP contribution in [0.15, 0.2) is 0 Å². The van der Waals surface area contributed by atoms with Crippen LogP contribution in [0.1, 0.15) is 99.8 Å². The molecule has 0 aromatic heterocycles. The van der Waals surface area contributed by atoms with E-state index in [1.54, 1.807) is 13.8 Å². The molecule has 4 N–H and O–H groups in total. The van der Waals surface area contributed by atoms with Crippen molar-refractivity contribution in [2.45, 2.75) is 142 Å². The molecule has 8 aliphatic rings. The molecule has 1 amide bonds. The molecule has 0 aromatic rings. The van der Waals surface area contributed by atoms with E-state index in [9.17, 15) is 20.1 Å². The van der Waals surface area contributed by atoms with Crippen molar-refractivity contribution in [3.05, 3.63) is 0 Å². The van der Waals surface area contributed by atoms with Crippen LogP contribution in [0.5, 0.6) is 0 Å². The fourth-order valence-electron chi connectivity index (χ4n) is 14.0. The molecule has 0 radical (unpaired) electrons. The maximum atomic E-state index is 13.0. The topological polar surface area (TPSA) is 121 Å². The highest BCUT2D eigenvalue weighted by Crippen LogP contribution is 2.89. The highest BCUT2D eigenvalue weighted by molar-refractivity contribution is 5.80. The Morgan fingerprint density at radius 3 is 2.43 bits per heavy atom. The van der Waals surface area contributed by atoms with Crippen LogP contribution < -0.4 is 5.32 Å². The number of hydrogen-bond donors (Lipinski definition) is 4. The van der Waals surface area contributed by atoms with Gasteiger partial charge in [-0.25, -0.2) is 0 Å². The SMILES string of the molecule is C[C@@H]1CC([C@H](O)C(C)(C)O)OC2C1[C@@]1(C)CCC34C[C@@]35CC[C@H](OC3CN(C(=O)C6CNC6)CCO3)C(C)(C)[C@@H]5CC[C@H]4[C@]1(C)[C@H]2O. The molecule has 5 aliphatic carbocycles. The number of hydrogen-bond acceptors (Lipinski definition) is 8. The third-order valence-corrected chi connectivity index (χ3v) is 16.6. The van der Waals surface area contributed by atoms with Gasteiger partial charge in [-0.2, -0.15) is 0 Å². The van der Waals surface area contributed by atoms with E-state index in [1.165, 1.54) is 12.8 Å². The largest absolute Gasteiger partial charge is 0.390 e. The van der Waals surface area contributed by atoms with Crippen molar-refractivity contribution in [1.29, 1.82) is 0 Å². The van der Waals surface area contributed by atoms with Gasteiger partial charge in [0.05, 0.1) is 49.1 Å². The molecule has 0 bridgehead atoms. The number of aliphatic hydroxyl groups is 3. The molecule has 9 heteroatoms. The predicted molar refractivity (Wildman–Crippen MR) is 176 cm³/mol. The smallest absolute Gasteiger partial charge is 0.228 e. The van der Waals surface area contributed by atoms with Gasteiger partial charge in [0.25, 0.3) is 0 Å². The van der Waals surface area contributed by atoms with Gasteiger partial charge < -0.3 is 39.7 Å². The van der Waals surface area contributed by atoms with Crippen molar-refractivity contribution >= 4 is 5.91 Å². The van der Waals surface area contributed by atoms with E-state index >= 15 is 0 Å². The van der Waals surface area contributed by atoms with Gasteiger partial charge in [0.1, 0.15) is 6.10 Å². The molecule has 266 valence electrons. The molecular formula is C38H62N2O7. The van der Waals surface area contributed by atoms with Crippen LogP contribution in [0.25, 0.3) is 0 Å². The van der Waals surface area contributed by atoms with E-state index < -0.39 is 23.9 Å². The number of nitrogens with one attached hydrogen (secondary N) is 1. The normalized spacial score (nSPS) is 52.6. The summed E-state index contributed by atoms with van der Waals surface area (Å²) in [6, 6.07) is 0. The predicted octanol–water partition coefficient (Wildman–Crippen LogP) is 3.72. The number of aliphatic hydroxyl groups excluding tert-OH is 2. The first kappa shape index (κ1) is 33.3. The molecule has 2 spiro atoms. The molecular weight excluding hydrogens is 596 g/mol. The van der Waals surface area contributed by atoms with Gasteiger partial charge in [0.15, 0.2) is 6.29 Å². The van der Waals surface area contributed by atoms with Crippen molar-refractivity contribution in [2.24, 2.45) is 56.7 Å². The van der Waals surface area contributed by atoms with Gasteiger partial charge in [0.2, 0.25) is 5.91 Å². The minimum Gasteiger partial charge on any atom is -0.390 e. The maximum Gasteiger partial charge on any atom is 0.228 e. The van der Waals surface area contributed by atoms with Crippen LogP contribution in [0.3, 0.4) is 0 Å². The highest BCUT2D eigenvalue weighted by Gasteiger charge is 2.84. The van der Waals surface area contributed by atoms with Crippen LogP contribution in [0.4, 0.5) is 0 Å². The number of amides is 1. The zero-order valence-electron chi connectivity index (χ0n) is 30.0. The molecule has 47 heavy (non-hydrogen) atoms. The van der Waals surface area contributed by atoms with Gasteiger partial charge in [-0.05, 0) is 111 Å². The number of rotatable bonds is 5. The molecule has 3 aliphatic heterocycles. The average molecular weight is 659 g/mol. The summed E-state index contributed by atoms with van der Waals surface area (Å²) in [5.41, 5.74) is -1.04. The summed E-state index contributed by atoms with van der Waals surface area (Å²) in [5, 5.41) is 37.3. The Labute approximate surface area is 281 Å². The summed E-state index contributed by atoms with van der Waals surface area (Å²) < 4.78 is 19.6. The molecule has 3 saturated heterocycles. The minimum absolute atomic E-state index is 0.0116. The van der Waals surface area contributed by atoms with Crippen LogP contribution in [0, 0.1) is 56.7 Å². The van der Waals surface area contributed by atoms with E-state index in [4.69, 9.17) is 14.2 Å². The molecule has 9 nitrogen and oxygen atoms in total. The second-order valence-electron chi connectivity index (χ2n) is 19.2. The molecule has 5 unspecified atom stereocenters. The summed E-state index contributed by atoms with van der Waals surface area (Å²) in [4.78, 5) is 14.9. The lowest BCUT2D eigenvalue weighted by Crippen LogP contribution is -2.60. The van der Waals surface area contributed by atoms with Crippen LogP contribution in [-0.2, 0) is 19.0 Å². The number of carbonyl (C=O) groups excluding carboxylic acids is 1. The summed E-state index contributed by atoms with van der Waals surface area (Å²) in [5.74, 6) is 1.85. The van der Waals surface area contributed by atoms with Crippen molar-refractivity contribution in [3.8, 4) is 0 Å². The average Bonchev–Trinajstić information content (AvgIpc) is 3.61. The first-order chi connectivity index (χ1) is 22.0. The summed E-state index contributed by atoms with van der Waals surface area (Å²) in [6.45, 7) is 18.5. The molecule has 0 aromatic carbocycles. The molecule has 8 rings (SSSR count). The molecule has 5 saturated carbocycles. The molecule has 14 atom stereocenters. The van der Waals surface area contributed by atoms with E-state index in [0.717, 1.165) is 45.2 Å². The number of fused-ring (bicyclic) bond motifs is 4. The lowest BCUT2D eigenvalue weighted by Gasteiger charge is -2.64. The second kappa shape index (κ2) is 10.6.